The fraction of sp³-hybridized carbons (Fsp3) is 0.333. The quantitative estimate of drug-likeness (QED) is 0.741. The second-order valence-electron chi connectivity index (χ2n) is 6.77. The topological polar surface area (TPSA) is 107 Å². The Morgan fingerprint density at radius 2 is 1.93 bits per heavy atom. The van der Waals surface area contributed by atoms with Gasteiger partial charge in [-0.3, -0.25) is 19.4 Å². The lowest BCUT2D eigenvalue weighted by atomic mass is 9.92. The van der Waals surface area contributed by atoms with E-state index < -0.39 is 34.9 Å². The molecule has 1 aromatic carbocycles. The van der Waals surface area contributed by atoms with Crippen LogP contribution in [0.25, 0.3) is 0 Å². The van der Waals surface area contributed by atoms with Crippen molar-refractivity contribution in [3.05, 3.63) is 45.8 Å². The van der Waals surface area contributed by atoms with Crippen molar-refractivity contribution in [1.29, 1.82) is 0 Å². The standard InChI is InChI=1S/C18H17F2N5O3/c19-11-4-3-9(7-12(11)20)21-16(27)10-8-13(26)22-15-14(10)17(28)24-18(23-15)25-5-1-2-6-25/h3-4,7,10H,1-2,5-6,8H2,(H,21,27)(H2,22,23,24,26,28). The highest BCUT2D eigenvalue weighted by atomic mass is 19.2. The van der Waals surface area contributed by atoms with Gasteiger partial charge in [0.1, 0.15) is 5.82 Å². The molecule has 0 radical (unpaired) electrons. The maximum atomic E-state index is 13.4. The molecule has 1 atom stereocenters. The van der Waals surface area contributed by atoms with Gasteiger partial charge in [-0.15, -0.1) is 0 Å². The first-order chi connectivity index (χ1) is 13.4. The van der Waals surface area contributed by atoms with E-state index in [0.29, 0.717) is 5.95 Å². The van der Waals surface area contributed by atoms with E-state index in [-0.39, 0.29) is 23.5 Å². The van der Waals surface area contributed by atoms with E-state index in [0.717, 1.165) is 38.1 Å². The Balaban J connectivity index is 1.65. The normalized spacial score (nSPS) is 18.6. The summed E-state index contributed by atoms with van der Waals surface area (Å²) in [7, 11) is 0. The van der Waals surface area contributed by atoms with Gasteiger partial charge in [0.25, 0.3) is 5.56 Å². The number of aromatic nitrogens is 2. The fourth-order valence-corrected chi connectivity index (χ4v) is 3.47. The summed E-state index contributed by atoms with van der Waals surface area (Å²) in [6, 6.07) is 2.90. The van der Waals surface area contributed by atoms with E-state index in [1.807, 2.05) is 4.90 Å². The first-order valence-corrected chi connectivity index (χ1v) is 8.87. The Hall–Kier alpha value is -3.30. The minimum atomic E-state index is -1.12. The van der Waals surface area contributed by atoms with E-state index in [1.165, 1.54) is 6.07 Å². The van der Waals surface area contributed by atoms with Gasteiger partial charge in [-0.1, -0.05) is 0 Å². The number of fused-ring (bicyclic) bond motifs is 1. The summed E-state index contributed by atoms with van der Waals surface area (Å²) in [5.74, 6) is -3.99. The first-order valence-electron chi connectivity index (χ1n) is 8.87. The van der Waals surface area contributed by atoms with Gasteiger partial charge in [-0.25, -0.2) is 8.78 Å². The minimum absolute atomic E-state index is 0.0227. The van der Waals surface area contributed by atoms with Crippen LogP contribution in [0, 0.1) is 11.6 Å². The lowest BCUT2D eigenvalue weighted by Gasteiger charge is -2.25. The van der Waals surface area contributed by atoms with Crippen LogP contribution >= 0.6 is 0 Å². The van der Waals surface area contributed by atoms with Gasteiger partial charge in [0.05, 0.1) is 11.5 Å². The van der Waals surface area contributed by atoms with Crippen LogP contribution in [0.4, 0.5) is 26.2 Å². The molecule has 146 valence electrons. The molecule has 8 nitrogen and oxygen atoms in total. The van der Waals surface area contributed by atoms with Crippen molar-refractivity contribution in [2.45, 2.75) is 25.2 Å². The highest BCUT2D eigenvalue weighted by molar-refractivity contribution is 6.04. The van der Waals surface area contributed by atoms with Crippen molar-refractivity contribution < 1.29 is 18.4 Å². The first kappa shape index (κ1) is 18.1. The van der Waals surface area contributed by atoms with E-state index >= 15 is 0 Å². The molecule has 1 saturated heterocycles. The van der Waals surface area contributed by atoms with E-state index in [1.54, 1.807) is 0 Å². The smallest absolute Gasteiger partial charge is 0.258 e. The summed E-state index contributed by atoms with van der Waals surface area (Å²) in [6.45, 7) is 1.49. The van der Waals surface area contributed by atoms with Crippen LogP contribution in [-0.4, -0.2) is 34.9 Å². The van der Waals surface area contributed by atoms with Gasteiger partial charge in [-0.2, -0.15) is 4.98 Å². The minimum Gasteiger partial charge on any atom is -0.342 e. The van der Waals surface area contributed by atoms with Crippen LogP contribution in [0.2, 0.25) is 0 Å². The molecule has 2 aromatic rings. The zero-order chi connectivity index (χ0) is 19.8. The number of aromatic amines is 1. The molecule has 0 spiro atoms. The van der Waals surface area contributed by atoms with E-state index in [2.05, 4.69) is 20.6 Å². The van der Waals surface area contributed by atoms with Gasteiger partial charge in [0.2, 0.25) is 17.8 Å². The number of amides is 2. The van der Waals surface area contributed by atoms with Gasteiger partial charge in [0, 0.05) is 31.3 Å². The number of nitrogens with zero attached hydrogens (tertiary/aromatic N) is 2. The van der Waals surface area contributed by atoms with Crippen molar-refractivity contribution in [3.63, 3.8) is 0 Å². The lowest BCUT2D eigenvalue weighted by molar-refractivity contribution is -0.123. The molecular formula is C18H17F2N5O3. The number of hydrogen-bond acceptors (Lipinski definition) is 5. The third-order valence-corrected chi connectivity index (χ3v) is 4.85. The van der Waals surface area contributed by atoms with Crippen molar-refractivity contribution in [2.75, 3.05) is 28.6 Å². The molecule has 0 saturated carbocycles. The van der Waals surface area contributed by atoms with Crippen molar-refractivity contribution in [3.8, 4) is 0 Å². The monoisotopic (exact) mass is 389 g/mol. The lowest BCUT2D eigenvalue weighted by Crippen LogP contribution is -2.37. The number of rotatable bonds is 3. The summed E-state index contributed by atoms with van der Waals surface area (Å²) in [5, 5.41) is 4.97. The van der Waals surface area contributed by atoms with Crippen molar-refractivity contribution in [1.82, 2.24) is 9.97 Å². The van der Waals surface area contributed by atoms with Crippen molar-refractivity contribution in [2.24, 2.45) is 0 Å². The molecule has 2 amide bonds. The summed E-state index contributed by atoms with van der Waals surface area (Å²) in [6.07, 6.45) is 1.70. The Kier molecular flexibility index (Phi) is 4.54. The number of H-pyrrole nitrogens is 1. The molecule has 2 aliphatic heterocycles. The molecule has 2 aliphatic rings. The predicted octanol–water partition coefficient (Wildman–Crippen LogP) is 1.71. The largest absolute Gasteiger partial charge is 0.342 e. The fourth-order valence-electron chi connectivity index (χ4n) is 3.47. The van der Waals surface area contributed by atoms with E-state index in [9.17, 15) is 23.2 Å². The number of nitrogens with one attached hydrogen (secondary N) is 3. The van der Waals surface area contributed by atoms with Crippen LogP contribution < -0.4 is 21.1 Å². The number of anilines is 3. The molecule has 0 aliphatic carbocycles. The Labute approximate surface area is 158 Å². The predicted molar refractivity (Wildman–Crippen MR) is 97.3 cm³/mol. The average Bonchev–Trinajstić information content (AvgIpc) is 3.18. The highest BCUT2D eigenvalue weighted by Crippen LogP contribution is 2.30. The summed E-state index contributed by atoms with van der Waals surface area (Å²) in [4.78, 5) is 46.3. The van der Waals surface area contributed by atoms with Gasteiger partial charge in [-0.05, 0) is 25.0 Å². The molecule has 1 aromatic heterocycles. The van der Waals surface area contributed by atoms with Crippen LogP contribution in [0.15, 0.2) is 23.0 Å². The molecule has 1 unspecified atom stereocenters. The van der Waals surface area contributed by atoms with Gasteiger partial charge >= 0.3 is 0 Å². The van der Waals surface area contributed by atoms with Crippen LogP contribution in [0.3, 0.4) is 0 Å². The van der Waals surface area contributed by atoms with Crippen LogP contribution in [0.5, 0.6) is 0 Å². The Bertz CT molecular complexity index is 1020. The molecular weight excluding hydrogens is 372 g/mol. The molecule has 10 heteroatoms. The molecule has 3 N–H and O–H groups in total. The molecule has 1 fully saturated rings. The number of hydrogen-bond donors (Lipinski definition) is 3. The summed E-state index contributed by atoms with van der Waals surface area (Å²) < 4.78 is 26.4. The second-order valence-corrected chi connectivity index (χ2v) is 6.77. The van der Waals surface area contributed by atoms with E-state index in [4.69, 9.17) is 0 Å². The zero-order valence-electron chi connectivity index (χ0n) is 14.7. The number of carbonyl (C=O) groups is 2. The van der Waals surface area contributed by atoms with Crippen LogP contribution in [-0.2, 0) is 9.59 Å². The number of halogens is 2. The Morgan fingerprint density at radius 1 is 1.18 bits per heavy atom. The van der Waals surface area contributed by atoms with Gasteiger partial charge in [0.15, 0.2) is 11.6 Å². The molecule has 28 heavy (non-hydrogen) atoms. The second kappa shape index (κ2) is 7.02. The Morgan fingerprint density at radius 3 is 2.64 bits per heavy atom. The average molecular weight is 389 g/mol. The maximum absolute atomic E-state index is 13.4. The SMILES string of the molecule is O=C1CC(C(=O)Nc2ccc(F)c(F)c2)c2c(nc(N3CCCC3)[nH]c2=O)N1. The highest BCUT2D eigenvalue weighted by Gasteiger charge is 2.35. The summed E-state index contributed by atoms with van der Waals surface area (Å²) >= 11 is 0. The third-order valence-electron chi connectivity index (χ3n) is 4.85. The maximum Gasteiger partial charge on any atom is 0.258 e. The molecule has 4 rings (SSSR count). The number of benzene rings is 1. The van der Waals surface area contributed by atoms with Crippen molar-refractivity contribution >= 4 is 29.3 Å². The third kappa shape index (κ3) is 3.32. The summed E-state index contributed by atoms with van der Waals surface area (Å²) in [5.41, 5.74) is -0.450. The zero-order valence-corrected chi connectivity index (χ0v) is 14.7. The van der Waals surface area contributed by atoms with Crippen LogP contribution in [0.1, 0.15) is 30.7 Å². The number of carbonyl (C=O) groups excluding carboxylic acids is 2. The molecule has 0 bridgehead atoms. The van der Waals surface area contributed by atoms with Gasteiger partial charge < -0.3 is 15.5 Å². The molecule has 3 heterocycles.